The zero-order chi connectivity index (χ0) is 29.8. The molecule has 6 aromatic rings. The van der Waals surface area contributed by atoms with E-state index in [2.05, 4.69) is 80.4 Å². The third kappa shape index (κ3) is 4.61. The third-order valence-corrected chi connectivity index (χ3v) is 9.68. The minimum Gasteiger partial charge on any atom is -0.376 e. The first-order valence-electron chi connectivity index (χ1n) is 14.2. The molecule has 0 radical (unpaired) electrons. The average Bonchev–Trinajstić information content (AvgIpc) is 3.04. The second-order valence-electron chi connectivity index (χ2n) is 11.2. The molecule has 0 aliphatic heterocycles. The molecular weight excluding hydrogens is 660 g/mol. The summed E-state index contributed by atoms with van der Waals surface area (Å²) in [6, 6.07) is 46.3. The molecule has 1 aliphatic rings. The van der Waals surface area contributed by atoms with Crippen LogP contribution in [0.2, 0.25) is 0 Å². The molecule has 1 aliphatic carbocycles. The Labute approximate surface area is 268 Å². The molecule has 0 bridgehead atoms. The molecule has 0 fully saturated rings. The summed E-state index contributed by atoms with van der Waals surface area (Å²) < 4.78 is 2.06. The summed E-state index contributed by atoms with van der Waals surface area (Å²) in [6.45, 7) is 2.02. The van der Waals surface area contributed by atoms with Gasteiger partial charge in [0.2, 0.25) is 0 Å². The fourth-order valence-electron chi connectivity index (χ4n) is 6.39. The van der Waals surface area contributed by atoms with Gasteiger partial charge in [-0.1, -0.05) is 153 Å². The molecular formula is C39H28Br2O2. The number of aliphatic hydroxyl groups is 2. The van der Waals surface area contributed by atoms with Gasteiger partial charge in [-0.05, 0) is 86.8 Å². The van der Waals surface area contributed by atoms with Crippen molar-refractivity contribution in [2.75, 3.05) is 0 Å². The van der Waals surface area contributed by atoms with Gasteiger partial charge in [0, 0.05) is 8.95 Å². The van der Waals surface area contributed by atoms with Gasteiger partial charge in [-0.25, -0.2) is 0 Å². The van der Waals surface area contributed by atoms with Crippen LogP contribution < -0.4 is 0 Å². The fraction of sp³-hybridized carbons (Fsp3) is 0.0769. The summed E-state index contributed by atoms with van der Waals surface area (Å²) in [4.78, 5) is 0. The maximum absolute atomic E-state index is 12.8. The summed E-state index contributed by atoms with van der Waals surface area (Å²) in [5, 5.41) is 25.7. The van der Waals surface area contributed by atoms with Gasteiger partial charge in [-0.2, -0.15) is 0 Å². The highest BCUT2D eigenvalue weighted by Gasteiger charge is 2.50. The minimum absolute atomic E-state index is 0.669. The highest BCUT2D eigenvalue weighted by molar-refractivity contribution is 9.10. The van der Waals surface area contributed by atoms with E-state index >= 15 is 0 Å². The molecule has 2 N–H and O–H groups in total. The molecule has 2 atom stereocenters. The molecule has 7 rings (SSSR count). The van der Waals surface area contributed by atoms with E-state index < -0.39 is 11.2 Å². The normalized spacial score (nSPS) is 19.0. The van der Waals surface area contributed by atoms with Crippen molar-refractivity contribution in [3.05, 3.63) is 187 Å². The van der Waals surface area contributed by atoms with Gasteiger partial charge < -0.3 is 10.2 Å². The molecule has 210 valence electrons. The van der Waals surface area contributed by atoms with Gasteiger partial charge in [0.25, 0.3) is 0 Å². The second-order valence-corrected chi connectivity index (χ2v) is 13.0. The van der Waals surface area contributed by atoms with Crippen molar-refractivity contribution in [1.82, 2.24) is 0 Å². The van der Waals surface area contributed by atoms with Crippen molar-refractivity contribution >= 4 is 31.9 Å². The number of rotatable bonds is 4. The van der Waals surface area contributed by atoms with Crippen LogP contribution in [0.3, 0.4) is 0 Å². The molecule has 0 saturated carbocycles. The Bertz CT molecular complexity index is 1950. The van der Waals surface area contributed by atoms with E-state index in [1.54, 1.807) is 0 Å². The number of hydrogen-bond acceptors (Lipinski definition) is 2. The van der Waals surface area contributed by atoms with Crippen molar-refractivity contribution in [1.29, 1.82) is 0 Å². The topological polar surface area (TPSA) is 40.5 Å². The van der Waals surface area contributed by atoms with E-state index in [9.17, 15) is 10.2 Å². The molecule has 0 spiro atoms. The molecule has 2 unspecified atom stereocenters. The number of benzene rings is 6. The van der Waals surface area contributed by atoms with Gasteiger partial charge in [0.15, 0.2) is 0 Å². The van der Waals surface area contributed by atoms with E-state index in [4.69, 9.17) is 0 Å². The molecule has 0 heterocycles. The SMILES string of the molecule is Cc1ccc2c(c1)C(O)(c1ccc(-c3ccc(Br)cc3)cc1)c1ccccc1C2(O)c1ccc(-c2ccc(Br)cc2)cc1. The Balaban J connectivity index is 1.39. The van der Waals surface area contributed by atoms with Crippen LogP contribution in [-0.4, -0.2) is 10.2 Å². The van der Waals surface area contributed by atoms with Gasteiger partial charge in [0.1, 0.15) is 11.2 Å². The van der Waals surface area contributed by atoms with Gasteiger partial charge >= 0.3 is 0 Å². The highest BCUT2D eigenvalue weighted by Crippen LogP contribution is 2.53. The fourth-order valence-corrected chi connectivity index (χ4v) is 6.92. The van der Waals surface area contributed by atoms with Crippen LogP contribution in [0.1, 0.15) is 38.9 Å². The Hall–Kier alpha value is -3.80. The third-order valence-electron chi connectivity index (χ3n) is 8.62. The van der Waals surface area contributed by atoms with Crippen LogP contribution in [0, 0.1) is 6.92 Å². The lowest BCUT2D eigenvalue weighted by molar-refractivity contribution is 0.0747. The Morgan fingerprint density at radius 2 is 0.767 bits per heavy atom. The predicted molar refractivity (Wildman–Crippen MR) is 181 cm³/mol. The summed E-state index contributed by atoms with van der Waals surface area (Å²) in [6.07, 6.45) is 0. The first-order valence-corrected chi connectivity index (χ1v) is 15.8. The smallest absolute Gasteiger partial charge is 0.141 e. The van der Waals surface area contributed by atoms with Crippen LogP contribution in [0.5, 0.6) is 0 Å². The van der Waals surface area contributed by atoms with Crippen LogP contribution in [0.4, 0.5) is 0 Å². The minimum atomic E-state index is -1.46. The van der Waals surface area contributed by atoms with Crippen molar-refractivity contribution in [3.8, 4) is 22.3 Å². The Morgan fingerprint density at radius 3 is 1.19 bits per heavy atom. The van der Waals surface area contributed by atoms with E-state index in [1.165, 1.54) is 0 Å². The monoisotopic (exact) mass is 686 g/mol. The number of halogens is 2. The van der Waals surface area contributed by atoms with Gasteiger partial charge in [0.05, 0.1) is 0 Å². The zero-order valence-electron chi connectivity index (χ0n) is 23.4. The first kappa shape index (κ1) is 28.0. The number of hydrogen-bond donors (Lipinski definition) is 2. The lowest BCUT2D eigenvalue weighted by Gasteiger charge is -2.45. The lowest BCUT2D eigenvalue weighted by Crippen LogP contribution is -2.44. The summed E-state index contributed by atoms with van der Waals surface area (Å²) >= 11 is 7.02. The van der Waals surface area contributed by atoms with E-state index in [0.717, 1.165) is 47.9 Å². The maximum Gasteiger partial charge on any atom is 0.141 e. The molecule has 0 amide bonds. The molecule has 0 saturated heterocycles. The molecule has 43 heavy (non-hydrogen) atoms. The van der Waals surface area contributed by atoms with Crippen LogP contribution in [0.15, 0.2) is 148 Å². The van der Waals surface area contributed by atoms with Crippen molar-refractivity contribution < 1.29 is 10.2 Å². The molecule has 2 nitrogen and oxygen atoms in total. The van der Waals surface area contributed by atoms with Crippen molar-refractivity contribution in [2.45, 2.75) is 18.1 Å². The summed E-state index contributed by atoms with van der Waals surface area (Å²) in [7, 11) is 0. The zero-order valence-corrected chi connectivity index (χ0v) is 26.6. The van der Waals surface area contributed by atoms with E-state index in [0.29, 0.717) is 22.3 Å². The molecule has 0 aromatic heterocycles. The van der Waals surface area contributed by atoms with Gasteiger partial charge in [-0.3, -0.25) is 0 Å². The van der Waals surface area contributed by atoms with Crippen molar-refractivity contribution in [2.24, 2.45) is 0 Å². The quantitative estimate of drug-likeness (QED) is 0.194. The maximum atomic E-state index is 12.8. The second kappa shape index (κ2) is 10.7. The first-order chi connectivity index (χ1) is 20.8. The summed E-state index contributed by atoms with van der Waals surface area (Å²) in [5.74, 6) is 0. The average molecular weight is 688 g/mol. The largest absolute Gasteiger partial charge is 0.376 e. The predicted octanol–water partition coefficient (Wildman–Crippen LogP) is 9.74. The standard InChI is InChI=1S/C39H28Br2O2/c1-25-6-23-36-37(24-25)39(43,31-17-9-27(10-18-31)29-13-21-33(41)22-14-29)35-5-3-2-4-34(35)38(36,42)30-15-7-26(8-16-30)28-11-19-32(40)20-12-28/h2-24,42-43H,1H3. The van der Waals surface area contributed by atoms with Crippen molar-refractivity contribution in [3.63, 3.8) is 0 Å². The van der Waals surface area contributed by atoms with E-state index in [1.807, 2.05) is 97.9 Å². The van der Waals surface area contributed by atoms with Gasteiger partial charge in [-0.15, -0.1) is 0 Å². The molecule has 4 heteroatoms. The Morgan fingerprint density at radius 1 is 0.419 bits per heavy atom. The van der Waals surface area contributed by atoms with Crippen LogP contribution in [0.25, 0.3) is 22.3 Å². The van der Waals surface area contributed by atoms with Crippen LogP contribution >= 0.6 is 31.9 Å². The van der Waals surface area contributed by atoms with Crippen LogP contribution in [-0.2, 0) is 11.2 Å². The lowest BCUT2D eigenvalue weighted by atomic mass is 9.63. The number of aryl methyl sites for hydroxylation is 1. The number of fused-ring (bicyclic) bond motifs is 2. The Kier molecular flexibility index (Phi) is 6.98. The summed E-state index contributed by atoms with van der Waals surface area (Å²) in [5.41, 5.74) is 6.62. The van der Waals surface area contributed by atoms with E-state index in [-0.39, 0.29) is 0 Å². The molecule has 6 aromatic carbocycles. The highest BCUT2D eigenvalue weighted by atomic mass is 79.9.